The first-order valence-corrected chi connectivity index (χ1v) is 41.7. The van der Waals surface area contributed by atoms with E-state index in [4.69, 9.17) is 18.1 Å². The number of nitrogens with zero attached hydrogens (tertiary/aromatic N) is 2. The average Bonchev–Trinajstić information content (AvgIpc) is 1.58. The van der Waals surface area contributed by atoms with Crippen LogP contribution in [0, 0.1) is 0 Å². The Bertz CT molecular complexity index is 4050. The maximum Gasteiger partial charge on any atom is 0.347 e. The third-order valence-electron chi connectivity index (χ3n) is 18.2. The smallest absolute Gasteiger partial charge is 0.347 e. The molecule has 0 saturated heterocycles. The molecule has 2 amide bonds. The van der Waals surface area contributed by atoms with Crippen LogP contribution in [0.3, 0.4) is 0 Å². The van der Waals surface area contributed by atoms with E-state index in [1.807, 2.05) is 97.1 Å². The van der Waals surface area contributed by atoms with Crippen molar-refractivity contribution in [2.75, 3.05) is 48.3 Å². The third-order valence-corrected chi connectivity index (χ3v) is 26.5. The number of hydrogen-bond donors (Lipinski definition) is 2. The fourth-order valence-corrected chi connectivity index (χ4v) is 20.3. The topological polar surface area (TPSA) is 250 Å². The van der Waals surface area contributed by atoms with Gasteiger partial charge in [-0.25, -0.2) is 16.8 Å². The lowest BCUT2D eigenvalue weighted by Gasteiger charge is -2.32. The van der Waals surface area contributed by atoms with E-state index in [1.165, 1.54) is 0 Å². The second-order valence-electron chi connectivity index (χ2n) is 26.4. The van der Waals surface area contributed by atoms with E-state index < -0.39 is 75.5 Å². The molecular formula is C77H93N4O14P2S3-. The van der Waals surface area contributed by atoms with Crippen LogP contribution in [-0.2, 0) is 94.3 Å². The van der Waals surface area contributed by atoms with Crippen LogP contribution in [0.5, 0.6) is 0 Å². The fourth-order valence-electron chi connectivity index (χ4n) is 12.9. The molecule has 0 unspecified atom stereocenters. The molecule has 2 aliphatic heterocycles. The Balaban J connectivity index is 0.880. The summed E-state index contributed by atoms with van der Waals surface area (Å²) < 4.78 is 128. The first-order chi connectivity index (χ1) is 47.9. The summed E-state index contributed by atoms with van der Waals surface area (Å²) in [5, 5.41) is 4.35. The standard InChI is InChI=1S/C77H94N4O14P2S3/c1-76(2)66-39-18-20-41-68(66)80(50-24-26-53-99(86,87)88)70(76)45-43-64-37-28-38-65(44-46-71-77(3,4)67-40-19-21-42-69(67)81(71)51-25-27-54-100(89,90)91)75(64)98-52-47-72(82)78-48-22-9-23-49-79-73(83)55-74(96(84,92-56-60-29-10-5-11-30-60)93-57-61-31-12-6-13-32-61)97(85,94-58-62-33-14-7-15-34-62)95-59-63-35-16-8-17-36-63/h5-8,10-21,29-36,39-46,74H,9,22-28,37-38,47-59H2,1-4H3,(H3-,78,79,82,83,86,87,88,89,90,91)/p-1. The lowest BCUT2D eigenvalue weighted by atomic mass is 9.81. The summed E-state index contributed by atoms with van der Waals surface area (Å²) in [5.74, 6) is -1.04. The molecule has 6 aromatic rings. The van der Waals surface area contributed by atoms with Gasteiger partial charge >= 0.3 is 15.2 Å². The number of nitrogens with one attached hydrogen (secondary N) is 2. The highest BCUT2D eigenvalue weighted by molar-refractivity contribution is 8.03. The van der Waals surface area contributed by atoms with Crippen LogP contribution < -0.4 is 15.5 Å². The van der Waals surface area contributed by atoms with Crippen molar-refractivity contribution in [1.29, 1.82) is 0 Å². The Kier molecular flexibility index (Phi) is 28.1. The summed E-state index contributed by atoms with van der Waals surface area (Å²) >= 11 is 1.64. The van der Waals surface area contributed by atoms with Gasteiger partial charge in [-0.05, 0) is 123 Å². The normalized spacial score (nSPS) is 16.2. The number of carbonyl (C=O) groups is 2. The molecule has 0 fully saturated rings. The van der Waals surface area contributed by atoms with Crippen LogP contribution >= 0.6 is 27.0 Å². The molecule has 2 heterocycles. The Morgan fingerprint density at radius 1 is 0.570 bits per heavy atom. The summed E-state index contributed by atoms with van der Waals surface area (Å²) in [6.07, 6.45) is 14.1. The molecule has 0 radical (unpaired) electrons. The molecule has 0 atom stereocenters. The maximum absolute atomic E-state index is 15.7. The maximum atomic E-state index is 15.7. The summed E-state index contributed by atoms with van der Waals surface area (Å²) in [7, 11) is -17.9. The van der Waals surface area contributed by atoms with Crippen molar-refractivity contribution in [3.05, 3.63) is 249 Å². The molecule has 9 rings (SSSR count). The van der Waals surface area contributed by atoms with E-state index in [-0.39, 0.29) is 58.1 Å². The van der Waals surface area contributed by atoms with Gasteiger partial charge in [0.2, 0.25) is 17.5 Å². The van der Waals surface area contributed by atoms with Crippen LogP contribution in [0.2, 0.25) is 0 Å². The van der Waals surface area contributed by atoms with Gasteiger partial charge in [0.25, 0.3) is 0 Å². The highest BCUT2D eigenvalue weighted by Gasteiger charge is 2.53. The zero-order valence-electron chi connectivity index (χ0n) is 57.5. The molecule has 0 bridgehead atoms. The molecular weight excluding hydrogens is 1360 g/mol. The largest absolute Gasteiger partial charge is 0.748 e. The van der Waals surface area contributed by atoms with E-state index in [0.29, 0.717) is 79.7 Å². The first kappa shape index (κ1) is 77.3. The van der Waals surface area contributed by atoms with Crippen molar-refractivity contribution in [2.45, 2.75) is 147 Å². The third kappa shape index (κ3) is 22.1. The minimum Gasteiger partial charge on any atom is -0.748 e. The molecule has 1 aliphatic carbocycles. The van der Waals surface area contributed by atoms with E-state index in [9.17, 15) is 35.5 Å². The zero-order chi connectivity index (χ0) is 71.2. The van der Waals surface area contributed by atoms with E-state index in [2.05, 4.69) is 96.4 Å². The molecule has 6 aromatic carbocycles. The molecule has 23 heteroatoms. The van der Waals surface area contributed by atoms with E-state index >= 15 is 9.13 Å². The van der Waals surface area contributed by atoms with Gasteiger partial charge in [-0.2, -0.15) is 4.58 Å². The number of amides is 2. The van der Waals surface area contributed by atoms with Crippen molar-refractivity contribution in [3.8, 4) is 0 Å². The molecule has 18 nitrogen and oxygen atoms in total. The summed E-state index contributed by atoms with van der Waals surface area (Å²) in [6, 6.07) is 52.7. The Labute approximate surface area is 595 Å². The van der Waals surface area contributed by atoms with Gasteiger partial charge < -0.3 is 42.7 Å². The number of allylic oxidation sites excluding steroid dienone is 7. The first-order valence-electron chi connectivity index (χ1n) is 34.3. The number of benzene rings is 6. The molecule has 0 aromatic heterocycles. The van der Waals surface area contributed by atoms with Crippen LogP contribution in [0.15, 0.2) is 216 Å². The highest BCUT2D eigenvalue weighted by Crippen LogP contribution is 2.72. The number of rotatable bonds is 39. The number of thioether (sulfide) groups is 1. The Hall–Kier alpha value is -6.84. The van der Waals surface area contributed by atoms with Crippen molar-refractivity contribution in [3.63, 3.8) is 0 Å². The summed E-state index contributed by atoms with van der Waals surface area (Å²) in [5.41, 5.74) is 10.6. The highest BCUT2D eigenvalue weighted by atomic mass is 32.2. The zero-order valence-corrected chi connectivity index (χ0v) is 61.8. The molecule has 0 saturated carbocycles. The Morgan fingerprint density at radius 2 is 1.05 bits per heavy atom. The van der Waals surface area contributed by atoms with Gasteiger partial charge in [0, 0.05) is 89.1 Å². The lowest BCUT2D eigenvalue weighted by Crippen LogP contribution is -2.30. The molecule has 534 valence electrons. The number of carbonyl (C=O) groups excluding carboxylic acids is 2. The van der Waals surface area contributed by atoms with Crippen LogP contribution in [0.25, 0.3) is 0 Å². The monoisotopic (exact) mass is 1460 g/mol. The number of para-hydroxylation sites is 2. The van der Waals surface area contributed by atoms with Gasteiger partial charge in [0.15, 0.2) is 11.1 Å². The molecule has 0 spiro atoms. The molecule has 100 heavy (non-hydrogen) atoms. The number of unbranched alkanes of at least 4 members (excludes halogenated alkanes) is 4. The van der Waals surface area contributed by atoms with Gasteiger partial charge in [-0.3, -0.25) is 18.7 Å². The fraction of sp³-hybridized carbons (Fsp3) is 0.390. The number of anilines is 1. The minimum absolute atomic E-state index is 0.109. The van der Waals surface area contributed by atoms with Crippen LogP contribution in [-0.4, -0.2) is 96.9 Å². The van der Waals surface area contributed by atoms with Crippen molar-refractivity contribution in [2.24, 2.45) is 0 Å². The number of hydrogen-bond acceptors (Lipinski definition) is 16. The molecule has 3 aliphatic rings. The second-order valence-corrected chi connectivity index (χ2v) is 35.4. The Morgan fingerprint density at radius 3 is 1.58 bits per heavy atom. The van der Waals surface area contributed by atoms with Gasteiger partial charge in [0.05, 0.1) is 58.5 Å². The summed E-state index contributed by atoms with van der Waals surface area (Å²) in [6.45, 7) is 9.67. The van der Waals surface area contributed by atoms with E-state index in [0.717, 1.165) is 69.2 Å². The van der Waals surface area contributed by atoms with Gasteiger partial charge in [-0.15, -0.1) is 11.8 Å². The van der Waals surface area contributed by atoms with Crippen LogP contribution in [0.1, 0.15) is 138 Å². The quantitative estimate of drug-likeness (QED) is 0.0157. The SMILES string of the molecule is CC1(C)C(/C=C/C2=C(SCCC(=O)NCCCCCNC(=O)CC(P(=O)(OCc3ccccc3)OCc3ccccc3)P(=O)(OCc3ccccc3)OCc3ccccc3)C(=C/C=C3/N(CCCCS(=O)(=O)[O-])c4ccccc4C3(C)C)/CCC2)=[N+](CCCCS(=O)(=O)[O-])c2ccccc21. The van der Waals surface area contributed by atoms with E-state index in [1.54, 1.807) is 60.3 Å². The predicted molar refractivity (Wildman–Crippen MR) is 395 cm³/mol. The average molecular weight is 1460 g/mol. The van der Waals surface area contributed by atoms with Gasteiger partial charge in [-0.1, -0.05) is 184 Å². The van der Waals surface area contributed by atoms with Crippen molar-refractivity contribution < 1.29 is 67.3 Å². The van der Waals surface area contributed by atoms with Crippen molar-refractivity contribution >= 4 is 76.1 Å². The second kappa shape index (κ2) is 36.3. The van der Waals surface area contributed by atoms with Crippen molar-refractivity contribution in [1.82, 2.24) is 10.6 Å². The number of fused-ring (bicyclic) bond motifs is 2. The van der Waals surface area contributed by atoms with Crippen LogP contribution in [0.4, 0.5) is 11.4 Å². The minimum atomic E-state index is -4.60. The lowest BCUT2D eigenvalue weighted by molar-refractivity contribution is -0.438. The van der Waals surface area contributed by atoms with Gasteiger partial charge in [0.1, 0.15) is 6.54 Å². The summed E-state index contributed by atoms with van der Waals surface area (Å²) in [4.78, 5) is 31.3. The molecule has 2 N–H and O–H groups in total. The predicted octanol–water partition coefficient (Wildman–Crippen LogP) is 15.8.